The van der Waals surface area contributed by atoms with E-state index in [2.05, 4.69) is 19.2 Å². The van der Waals surface area contributed by atoms with Gasteiger partial charge in [0.25, 0.3) is 0 Å². The number of hydrogen-bond donors (Lipinski definition) is 1. The van der Waals surface area contributed by atoms with Crippen LogP contribution in [0.15, 0.2) is 65.0 Å². The van der Waals surface area contributed by atoms with Gasteiger partial charge in [-0.05, 0) is 35.6 Å². The zero-order valence-corrected chi connectivity index (χ0v) is 19.6. The Morgan fingerprint density at radius 2 is 2.03 bits per heavy atom. The van der Waals surface area contributed by atoms with Crippen LogP contribution in [0.2, 0.25) is 0 Å². The van der Waals surface area contributed by atoms with Crippen LogP contribution >= 0.6 is 11.8 Å². The van der Waals surface area contributed by atoms with Crippen molar-refractivity contribution in [1.29, 1.82) is 0 Å². The molecule has 0 amide bonds. The van der Waals surface area contributed by atoms with E-state index in [9.17, 15) is 9.18 Å². The Bertz CT molecular complexity index is 1270. The number of anilines is 1. The lowest BCUT2D eigenvalue weighted by molar-refractivity contribution is -0.118. The van der Waals surface area contributed by atoms with E-state index in [1.54, 1.807) is 17.9 Å². The first-order chi connectivity index (χ1) is 15.8. The minimum absolute atomic E-state index is 0.111. The second kappa shape index (κ2) is 8.33. The fourth-order valence-corrected chi connectivity index (χ4v) is 5.38. The van der Waals surface area contributed by atoms with Gasteiger partial charge in [0.2, 0.25) is 11.1 Å². The summed E-state index contributed by atoms with van der Waals surface area (Å²) in [6, 6.07) is 13.8. The van der Waals surface area contributed by atoms with Crippen LogP contribution < -0.4 is 10.1 Å². The minimum Gasteiger partial charge on any atom is -0.496 e. The number of hydrogen-bond acceptors (Lipinski definition) is 6. The van der Waals surface area contributed by atoms with Crippen LogP contribution in [0.1, 0.15) is 43.9 Å². The van der Waals surface area contributed by atoms with E-state index >= 15 is 0 Å². The van der Waals surface area contributed by atoms with Gasteiger partial charge in [0, 0.05) is 29.0 Å². The molecule has 1 N–H and O–H groups in total. The summed E-state index contributed by atoms with van der Waals surface area (Å²) in [5.74, 6) is 1.68. The molecule has 2 heterocycles. The summed E-state index contributed by atoms with van der Waals surface area (Å²) in [5, 5.41) is 8.70. The predicted molar refractivity (Wildman–Crippen MR) is 126 cm³/mol. The van der Waals surface area contributed by atoms with E-state index in [4.69, 9.17) is 14.8 Å². The Labute approximate surface area is 196 Å². The first-order valence-electron chi connectivity index (χ1n) is 10.8. The number of rotatable bonds is 5. The van der Waals surface area contributed by atoms with Crippen LogP contribution in [0.5, 0.6) is 5.75 Å². The van der Waals surface area contributed by atoms with Gasteiger partial charge in [0.1, 0.15) is 17.6 Å². The summed E-state index contributed by atoms with van der Waals surface area (Å²) in [6.45, 7) is 4.21. The third-order valence-electron chi connectivity index (χ3n) is 6.00. The molecule has 0 radical (unpaired) electrons. The number of methoxy groups -OCH3 is 1. The minimum atomic E-state index is -0.424. The maximum Gasteiger partial charge on any atom is 0.227 e. The molecule has 2 aromatic carbocycles. The average Bonchev–Trinajstić information content (AvgIpc) is 3.18. The standard InChI is InChI=1S/C25H25FN4O2S/c1-25(2)12-18-21(19(31)13-25)22(17-9-4-5-10-20(17)32-3)30-23(27-18)28-24(29-30)33-14-15-7-6-8-16(26)11-15/h4-11,22H,12-14H2,1-3H3,(H,27,28,29)/t22-/m1/s1. The zero-order chi connectivity index (χ0) is 23.2. The number of thioether (sulfide) groups is 1. The van der Waals surface area contributed by atoms with E-state index in [1.165, 1.54) is 23.9 Å². The zero-order valence-electron chi connectivity index (χ0n) is 18.8. The van der Waals surface area contributed by atoms with E-state index in [0.717, 1.165) is 28.8 Å². The summed E-state index contributed by atoms with van der Waals surface area (Å²) in [7, 11) is 1.63. The Balaban J connectivity index is 1.56. The highest BCUT2D eigenvalue weighted by atomic mass is 32.2. The smallest absolute Gasteiger partial charge is 0.227 e. The molecule has 0 fully saturated rings. The summed E-state index contributed by atoms with van der Waals surface area (Å²) in [5.41, 5.74) is 3.21. The SMILES string of the molecule is COc1ccccc1[C@@H]1C2=C(CC(C)(C)CC2=O)Nc2nc(SCc3cccc(F)c3)nn21. The van der Waals surface area contributed by atoms with Crippen LogP contribution in [-0.2, 0) is 10.5 Å². The number of benzene rings is 2. The fourth-order valence-electron chi connectivity index (χ4n) is 4.61. The van der Waals surface area contributed by atoms with Gasteiger partial charge in [-0.2, -0.15) is 4.98 Å². The number of ether oxygens (including phenoxy) is 1. The highest BCUT2D eigenvalue weighted by Gasteiger charge is 2.42. The monoisotopic (exact) mass is 464 g/mol. The first kappa shape index (κ1) is 21.7. The van der Waals surface area contributed by atoms with Crippen LogP contribution in [0.25, 0.3) is 0 Å². The van der Waals surface area contributed by atoms with Crippen molar-refractivity contribution in [3.05, 3.63) is 76.7 Å². The third-order valence-corrected chi connectivity index (χ3v) is 6.91. The largest absolute Gasteiger partial charge is 0.496 e. The van der Waals surface area contributed by atoms with Crippen molar-refractivity contribution >= 4 is 23.5 Å². The van der Waals surface area contributed by atoms with Gasteiger partial charge in [-0.1, -0.05) is 55.9 Å². The molecule has 0 unspecified atom stereocenters. The predicted octanol–water partition coefficient (Wildman–Crippen LogP) is 5.38. The average molecular weight is 465 g/mol. The van der Waals surface area contributed by atoms with Crippen LogP contribution in [0.3, 0.4) is 0 Å². The Morgan fingerprint density at radius 1 is 1.21 bits per heavy atom. The maximum atomic E-state index is 13.6. The number of allylic oxidation sites excluding steroid dienone is 2. The van der Waals surface area contributed by atoms with Crippen molar-refractivity contribution in [2.75, 3.05) is 12.4 Å². The van der Waals surface area contributed by atoms with Gasteiger partial charge in [-0.3, -0.25) is 4.79 Å². The summed E-state index contributed by atoms with van der Waals surface area (Å²) >= 11 is 1.43. The number of aromatic nitrogens is 3. The summed E-state index contributed by atoms with van der Waals surface area (Å²) in [6.07, 6.45) is 1.22. The molecule has 1 aromatic heterocycles. The van der Waals surface area contributed by atoms with Gasteiger partial charge >= 0.3 is 0 Å². The molecule has 0 saturated heterocycles. The molecular weight excluding hydrogens is 439 g/mol. The third kappa shape index (κ3) is 4.15. The van der Waals surface area contributed by atoms with Gasteiger partial charge in [-0.25, -0.2) is 9.07 Å². The van der Waals surface area contributed by atoms with E-state index < -0.39 is 6.04 Å². The quantitative estimate of drug-likeness (QED) is 0.512. The van der Waals surface area contributed by atoms with Crippen molar-refractivity contribution < 1.29 is 13.9 Å². The topological polar surface area (TPSA) is 69.0 Å². The molecule has 170 valence electrons. The molecule has 1 aliphatic heterocycles. The van der Waals surface area contributed by atoms with Crippen LogP contribution in [0.4, 0.5) is 10.3 Å². The van der Waals surface area contributed by atoms with E-state index in [0.29, 0.717) is 29.0 Å². The Hall–Kier alpha value is -3.13. The number of Topliss-reactive ketones (excluding diaryl/α,β-unsaturated/α-hetero) is 1. The second-order valence-electron chi connectivity index (χ2n) is 9.18. The fraction of sp³-hybridized carbons (Fsp3) is 0.320. The van der Waals surface area contributed by atoms with E-state index in [1.807, 2.05) is 30.3 Å². The van der Waals surface area contributed by atoms with E-state index in [-0.39, 0.29) is 17.0 Å². The Morgan fingerprint density at radius 3 is 2.82 bits per heavy atom. The number of carbonyl (C=O) groups is 1. The number of ketones is 1. The van der Waals surface area contributed by atoms with Crippen LogP contribution in [0, 0.1) is 11.2 Å². The molecule has 0 bridgehead atoms. The number of fused-ring (bicyclic) bond motifs is 1. The summed E-state index contributed by atoms with van der Waals surface area (Å²) in [4.78, 5) is 18.1. The van der Waals surface area contributed by atoms with Crippen molar-refractivity contribution in [2.24, 2.45) is 5.41 Å². The number of para-hydroxylation sites is 1. The molecular formula is C25H25FN4O2S. The van der Waals surface area contributed by atoms with Crippen molar-refractivity contribution in [1.82, 2.24) is 14.8 Å². The molecule has 5 rings (SSSR count). The lowest BCUT2D eigenvalue weighted by atomic mass is 9.73. The van der Waals surface area contributed by atoms with Crippen LogP contribution in [-0.4, -0.2) is 27.7 Å². The van der Waals surface area contributed by atoms with Gasteiger partial charge in [0.05, 0.1) is 7.11 Å². The molecule has 33 heavy (non-hydrogen) atoms. The van der Waals surface area contributed by atoms with Gasteiger partial charge in [-0.15, -0.1) is 5.10 Å². The number of halogens is 1. The highest BCUT2D eigenvalue weighted by Crippen LogP contribution is 2.47. The molecule has 6 nitrogen and oxygen atoms in total. The first-order valence-corrected chi connectivity index (χ1v) is 11.8. The Kier molecular flexibility index (Phi) is 5.48. The molecule has 0 spiro atoms. The maximum absolute atomic E-state index is 13.6. The molecule has 2 aliphatic rings. The number of nitrogens with zero attached hydrogens (tertiary/aromatic N) is 3. The van der Waals surface area contributed by atoms with Crippen molar-refractivity contribution in [2.45, 2.75) is 43.6 Å². The van der Waals surface area contributed by atoms with Gasteiger partial charge in [0.15, 0.2) is 5.78 Å². The lowest BCUT2D eigenvalue weighted by Crippen LogP contribution is -2.36. The second-order valence-corrected chi connectivity index (χ2v) is 10.1. The normalized spacial score (nSPS) is 19.0. The van der Waals surface area contributed by atoms with Crippen molar-refractivity contribution in [3.8, 4) is 5.75 Å². The number of carbonyl (C=O) groups excluding carboxylic acids is 1. The van der Waals surface area contributed by atoms with Gasteiger partial charge < -0.3 is 10.1 Å². The molecule has 0 saturated carbocycles. The molecule has 1 aliphatic carbocycles. The molecule has 8 heteroatoms. The molecule has 1 atom stereocenters. The van der Waals surface area contributed by atoms with Crippen molar-refractivity contribution in [3.63, 3.8) is 0 Å². The summed E-state index contributed by atoms with van der Waals surface area (Å²) < 4.78 is 21.0. The number of nitrogens with one attached hydrogen (secondary N) is 1. The molecule has 3 aromatic rings. The lowest BCUT2D eigenvalue weighted by Gasteiger charge is -2.38. The highest BCUT2D eigenvalue weighted by molar-refractivity contribution is 7.98.